The summed E-state index contributed by atoms with van der Waals surface area (Å²) < 4.78 is 0. The number of nitrogens with zero attached hydrogens (tertiary/aromatic N) is 1. The molecule has 0 heterocycles. The maximum Gasteiger partial charge on any atom is 0.0189 e. The van der Waals surface area contributed by atoms with Gasteiger partial charge in [-0.25, -0.2) is 0 Å². The molecule has 0 amide bonds. The van der Waals surface area contributed by atoms with Gasteiger partial charge in [0.15, 0.2) is 0 Å². The Hall–Kier alpha value is -0.0800. The highest BCUT2D eigenvalue weighted by Crippen LogP contribution is 2.37. The van der Waals surface area contributed by atoms with E-state index in [1.165, 1.54) is 25.9 Å². The van der Waals surface area contributed by atoms with Crippen LogP contribution in [0.1, 0.15) is 26.7 Å². The predicted molar refractivity (Wildman–Crippen MR) is 57.9 cm³/mol. The third-order valence-electron chi connectivity index (χ3n) is 3.26. The zero-order chi connectivity index (χ0) is 9.84. The molecule has 1 rings (SSSR count). The van der Waals surface area contributed by atoms with Crippen LogP contribution < -0.4 is 5.32 Å². The summed E-state index contributed by atoms with van der Waals surface area (Å²) in [5, 5.41) is 3.35. The summed E-state index contributed by atoms with van der Waals surface area (Å²) in [7, 11) is 4.30. The van der Waals surface area contributed by atoms with Crippen molar-refractivity contribution in [1.29, 1.82) is 0 Å². The van der Waals surface area contributed by atoms with Gasteiger partial charge < -0.3 is 10.2 Å². The Morgan fingerprint density at radius 2 is 2.15 bits per heavy atom. The normalized spacial score (nSPS) is 29.3. The van der Waals surface area contributed by atoms with E-state index in [0.29, 0.717) is 6.04 Å². The zero-order valence-corrected chi connectivity index (χ0v) is 9.51. The maximum atomic E-state index is 3.35. The predicted octanol–water partition coefficient (Wildman–Crippen LogP) is 1.57. The number of rotatable bonds is 6. The van der Waals surface area contributed by atoms with E-state index in [1.807, 2.05) is 0 Å². The van der Waals surface area contributed by atoms with Gasteiger partial charge in [-0.2, -0.15) is 0 Å². The molecule has 1 aliphatic carbocycles. The van der Waals surface area contributed by atoms with E-state index in [-0.39, 0.29) is 0 Å². The van der Waals surface area contributed by atoms with Gasteiger partial charge in [0.25, 0.3) is 0 Å². The van der Waals surface area contributed by atoms with E-state index in [0.717, 1.165) is 11.8 Å². The molecule has 13 heavy (non-hydrogen) atoms. The number of likely N-dealkylation sites (N-methyl/N-ethyl adjacent to an activating group) is 2. The van der Waals surface area contributed by atoms with E-state index in [1.54, 1.807) is 0 Å². The first-order valence-corrected chi connectivity index (χ1v) is 5.53. The van der Waals surface area contributed by atoms with Crippen LogP contribution in [0.4, 0.5) is 0 Å². The van der Waals surface area contributed by atoms with E-state index in [4.69, 9.17) is 0 Å². The molecular weight excluding hydrogens is 160 g/mol. The van der Waals surface area contributed by atoms with Crippen molar-refractivity contribution in [3.05, 3.63) is 0 Å². The summed E-state index contributed by atoms with van der Waals surface area (Å²) in [6, 6.07) is 0.666. The Morgan fingerprint density at radius 1 is 1.54 bits per heavy atom. The molecule has 3 unspecified atom stereocenters. The third kappa shape index (κ3) is 3.65. The fourth-order valence-corrected chi connectivity index (χ4v) is 1.93. The number of hydrogen-bond donors (Lipinski definition) is 1. The van der Waals surface area contributed by atoms with Crippen LogP contribution in [0.15, 0.2) is 0 Å². The highest BCUT2D eigenvalue weighted by molar-refractivity contribution is 4.85. The molecule has 0 radical (unpaired) electrons. The number of hydrogen-bond acceptors (Lipinski definition) is 2. The van der Waals surface area contributed by atoms with Gasteiger partial charge >= 0.3 is 0 Å². The van der Waals surface area contributed by atoms with E-state index in [2.05, 4.69) is 38.2 Å². The van der Waals surface area contributed by atoms with Crippen molar-refractivity contribution in [1.82, 2.24) is 10.2 Å². The second kappa shape index (κ2) is 4.97. The summed E-state index contributed by atoms with van der Waals surface area (Å²) in [6.07, 6.45) is 2.67. The molecule has 3 atom stereocenters. The van der Waals surface area contributed by atoms with Crippen LogP contribution in [0.3, 0.4) is 0 Å². The van der Waals surface area contributed by atoms with Crippen molar-refractivity contribution < 1.29 is 0 Å². The molecule has 78 valence electrons. The Bertz CT molecular complexity index is 143. The lowest BCUT2D eigenvalue weighted by molar-refractivity contribution is 0.277. The topological polar surface area (TPSA) is 15.3 Å². The molecule has 0 bridgehead atoms. The SMILES string of the molecule is CCC(CN(C)CC1CC1C)NC. The minimum atomic E-state index is 0.666. The lowest BCUT2D eigenvalue weighted by Crippen LogP contribution is -2.38. The lowest BCUT2D eigenvalue weighted by Gasteiger charge is -2.22. The molecule has 0 aliphatic heterocycles. The first-order chi connectivity index (χ1) is 6.17. The van der Waals surface area contributed by atoms with E-state index < -0.39 is 0 Å². The quantitative estimate of drug-likeness (QED) is 0.674. The van der Waals surface area contributed by atoms with Gasteiger partial charge in [-0.05, 0) is 38.8 Å². The molecule has 1 aliphatic rings. The minimum absolute atomic E-state index is 0.666. The molecule has 0 saturated heterocycles. The fraction of sp³-hybridized carbons (Fsp3) is 1.00. The van der Waals surface area contributed by atoms with Crippen LogP contribution in [-0.2, 0) is 0 Å². The average Bonchev–Trinajstić information content (AvgIpc) is 2.77. The Balaban J connectivity index is 2.12. The van der Waals surface area contributed by atoms with Gasteiger partial charge in [0, 0.05) is 19.1 Å². The van der Waals surface area contributed by atoms with Crippen molar-refractivity contribution in [3.63, 3.8) is 0 Å². The van der Waals surface area contributed by atoms with Crippen molar-refractivity contribution in [3.8, 4) is 0 Å². The minimum Gasteiger partial charge on any atom is -0.316 e. The van der Waals surface area contributed by atoms with Gasteiger partial charge in [-0.1, -0.05) is 13.8 Å². The molecule has 1 N–H and O–H groups in total. The molecule has 0 aromatic carbocycles. The maximum absolute atomic E-state index is 3.35. The Kier molecular flexibility index (Phi) is 4.20. The standard InChI is InChI=1S/C11H24N2/c1-5-11(12-3)8-13(4)7-10-6-9(10)2/h9-12H,5-8H2,1-4H3. The molecule has 1 fully saturated rings. The van der Waals surface area contributed by atoms with Crippen molar-refractivity contribution in [2.75, 3.05) is 27.2 Å². The van der Waals surface area contributed by atoms with Gasteiger partial charge in [-0.3, -0.25) is 0 Å². The summed E-state index contributed by atoms with van der Waals surface area (Å²) in [5.74, 6) is 1.97. The lowest BCUT2D eigenvalue weighted by atomic mass is 10.2. The van der Waals surface area contributed by atoms with Crippen LogP contribution in [-0.4, -0.2) is 38.1 Å². The zero-order valence-electron chi connectivity index (χ0n) is 9.51. The molecule has 2 nitrogen and oxygen atoms in total. The molecule has 0 aromatic heterocycles. The van der Waals surface area contributed by atoms with E-state index >= 15 is 0 Å². The van der Waals surface area contributed by atoms with Gasteiger partial charge in [0.1, 0.15) is 0 Å². The first-order valence-electron chi connectivity index (χ1n) is 5.53. The number of nitrogens with one attached hydrogen (secondary N) is 1. The molecular formula is C11H24N2. The summed E-state index contributed by atoms with van der Waals surface area (Å²) in [6.45, 7) is 7.08. The highest BCUT2D eigenvalue weighted by Gasteiger charge is 2.33. The van der Waals surface area contributed by atoms with Crippen LogP contribution >= 0.6 is 0 Å². The first kappa shape index (κ1) is 11.0. The van der Waals surface area contributed by atoms with Crippen molar-refractivity contribution in [2.45, 2.75) is 32.7 Å². The average molecular weight is 184 g/mol. The summed E-state index contributed by atoms with van der Waals surface area (Å²) in [4.78, 5) is 2.47. The van der Waals surface area contributed by atoms with Gasteiger partial charge in [-0.15, -0.1) is 0 Å². The van der Waals surface area contributed by atoms with E-state index in [9.17, 15) is 0 Å². The van der Waals surface area contributed by atoms with Crippen LogP contribution in [0.5, 0.6) is 0 Å². The second-order valence-corrected chi connectivity index (χ2v) is 4.59. The Morgan fingerprint density at radius 3 is 2.54 bits per heavy atom. The van der Waals surface area contributed by atoms with Crippen molar-refractivity contribution >= 4 is 0 Å². The monoisotopic (exact) mass is 184 g/mol. The molecule has 2 heteroatoms. The van der Waals surface area contributed by atoms with Crippen LogP contribution in [0, 0.1) is 11.8 Å². The molecule has 0 spiro atoms. The molecule has 1 saturated carbocycles. The fourth-order valence-electron chi connectivity index (χ4n) is 1.93. The van der Waals surface area contributed by atoms with Crippen molar-refractivity contribution in [2.24, 2.45) is 11.8 Å². The second-order valence-electron chi connectivity index (χ2n) is 4.59. The van der Waals surface area contributed by atoms with Crippen LogP contribution in [0.2, 0.25) is 0 Å². The Labute approximate surface area is 82.7 Å². The largest absolute Gasteiger partial charge is 0.316 e. The summed E-state index contributed by atoms with van der Waals surface area (Å²) in [5.41, 5.74) is 0. The molecule has 0 aromatic rings. The third-order valence-corrected chi connectivity index (χ3v) is 3.26. The van der Waals surface area contributed by atoms with Crippen LogP contribution in [0.25, 0.3) is 0 Å². The smallest absolute Gasteiger partial charge is 0.0189 e. The highest BCUT2D eigenvalue weighted by atomic mass is 15.1. The summed E-state index contributed by atoms with van der Waals surface area (Å²) >= 11 is 0. The van der Waals surface area contributed by atoms with Gasteiger partial charge in [0.2, 0.25) is 0 Å². The van der Waals surface area contributed by atoms with Gasteiger partial charge in [0.05, 0.1) is 0 Å².